The molecule has 2 unspecified atom stereocenters. The first-order valence-electron chi connectivity index (χ1n) is 17.0. The summed E-state index contributed by atoms with van der Waals surface area (Å²) in [4.78, 5) is 13.0. The van der Waals surface area contributed by atoms with Crippen LogP contribution in [0.25, 0.3) is 38.4 Å². The summed E-state index contributed by atoms with van der Waals surface area (Å²) in [7, 11) is 0. The minimum absolute atomic E-state index is 0.0610. The largest absolute Gasteiger partial charge is 0.508 e. The number of phenols is 1. The fourth-order valence-corrected chi connectivity index (χ4v) is 7.77. The van der Waals surface area contributed by atoms with Gasteiger partial charge in [0.05, 0.1) is 42.3 Å². The molecule has 8 rings (SSSR count). The highest BCUT2D eigenvalue weighted by Crippen LogP contribution is 2.61. The number of hydrogen-bond donors (Lipinski definition) is 2. The summed E-state index contributed by atoms with van der Waals surface area (Å²) in [6, 6.07) is 7.06. The first-order valence-corrected chi connectivity index (χ1v) is 17.0. The lowest BCUT2D eigenvalue weighted by atomic mass is 9.94. The van der Waals surface area contributed by atoms with Crippen LogP contribution in [0.5, 0.6) is 11.8 Å². The second kappa shape index (κ2) is 11.9. The monoisotopic (exact) mass is 694 g/mol. The van der Waals surface area contributed by atoms with Crippen LogP contribution in [0, 0.1) is 17.0 Å². The maximum Gasteiger partial charge on any atom is 0.319 e. The van der Waals surface area contributed by atoms with E-state index in [1.54, 1.807) is 24.8 Å². The van der Waals surface area contributed by atoms with Crippen LogP contribution in [0.15, 0.2) is 36.5 Å². The molecular formula is C36H38F4N6O4. The predicted molar refractivity (Wildman–Crippen MR) is 179 cm³/mol. The molecule has 50 heavy (non-hydrogen) atoms. The van der Waals surface area contributed by atoms with Crippen LogP contribution in [0.4, 0.5) is 23.4 Å². The molecule has 3 fully saturated rings. The predicted octanol–water partition coefficient (Wildman–Crippen LogP) is 5.73. The molecule has 2 N–H and O–H groups in total. The third kappa shape index (κ3) is 5.48. The zero-order valence-corrected chi connectivity index (χ0v) is 27.9. The van der Waals surface area contributed by atoms with Crippen molar-refractivity contribution >= 4 is 33.0 Å². The summed E-state index contributed by atoms with van der Waals surface area (Å²) >= 11 is 0. The summed E-state index contributed by atoms with van der Waals surface area (Å²) in [5.74, 6) is -4.21. The Bertz CT molecular complexity index is 2140. The van der Waals surface area contributed by atoms with Gasteiger partial charge >= 0.3 is 6.01 Å². The lowest BCUT2D eigenvalue weighted by Gasteiger charge is -2.29. The van der Waals surface area contributed by atoms with E-state index in [9.17, 15) is 19.0 Å². The van der Waals surface area contributed by atoms with Crippen molar-refractivity contribution in [1.82, 2.24) is 24.5 Å². The number of aryl methyl sites for hydroxylation is 1. The number of likely N-dealkylation sites (tertiary alicyclic amines) is 1. The second-order valence-corrected chi connectivity index (χ2v) is 14.2. The van der Waals surface area contributed by atoms with Crippen molar-refractivity contribution in [3.8, 4) is 23.0 Å². The van der Waals surface area contributed by atoms with E-state index in [0.717, 1.165) is 25.9 Å². The number of phenolic OH excluding ortho intramolecular Hbond substituents is 1. The number of β-amino-alcohol motifs (C(OH)–C–C–N with tert-alkyl or cyclic N) is 1. The topological polar surface area (TPSA) is 108 Å². The fraction of sp³-hybridized carbons (Fsp3) is 0.472. The Morgan fingerprint density at radius 1 is 1.04 bits per heavy atom. The summed E-state index contributed by atoms with van der Waals surface area (Å²) in [5.41, 5.74) is -2.05. The zero-order chi connectivity index (χ0) is 35.0. The zero-order valence-electron chi connectivity index (χ0n) is 27.9. The third-order valence-electron chi connectivity index (χ3n) is 10.3. The summed E-state index contributed by atoms with van der Waals surface area (Å²) < 4.78 is 75.5. The van der Waals surface area contributed by atoms with Crippen LogP contribution in [-0.4, -0.2) is 98.8 Å². The highest BCUT2D eigenvalue weighted by Gasteiger charge is 2.72. The molecule has 2 atom stereocenters. The Morgan fingerprint density at radius 2 is 1.82 bits per heavy atom. The Balaban J connectivity index is 1.34. The minimum Gasteiger partial charge on any atom is -0.508 e. The van der Waals surface area contributed by atoms with Crippen molar-refractivity contribution in [2.24, 2.45) is 5.41 Å². The Morgan fingerprint density at radius 3 is 2.56 bits per heavy atom. The molecule has 264 valence electrons. The van der Waals surface area contributed by atoms with Crippen molar-refractivity contribution in [2.45, 2.75) is 51.1 Å². The van der Waals surface area contributed by atoms with Crippen molar-refractivity contribution in [3.63, 3.8) is 0 Å². The Kier molecular flexibility index (Phi) is 7.84. The molecule has 2 aliphatic heterocycles. The van der Waals surface area contributed by atoms with Crippen LogP contribution >= 0.6 is 0 Å². The highest BCUT2D eigenvalue weighted by molar-refractivity contribution is 6.07. The molecule has 0 spiro atoms. The number of aliphatic hydroxyl groups is 1. The molecule has 0 amide bonds. The van der Waals surface area contributed by atoms with Gasteiger partial charge in [0.25, 0.3) is 5.92 Å². The quantitative estimate of drug-likeness (QED) is 0.197. The summed E-state index contributed by atoms with van der Waals surface area (Å²) in [6.07, 6.45) is 3.35. The molecule has 3 aliphatic rings. The van der Waals surface area contributed by atoms with Gasteiger partial charge in [-0.3, -0.25) is 0 Å². The lowest BCUT2D eigenvalue weighted by molar-refractivity contribution is -0.0123. The molecule has 14 heteroatoms. The normalized spacial score (nSPS) is 24.0. The lowest BCUT2D eigenvalue weighted by Crippen LogP contribution is -2.42. The standard InChI is InChI=1S/C36H38F4N6O4/c1-3-23-25(37)7-6-21-14-22(47)15-24(27(21)23)31-29(38)30-28(26-8-9-41-46(26)31)32(45-12-13-49-19-34(2,48)17-45)43-33(42-30)50-20-35(16-36(35,39)40)18-44-10-4-5-11-44/h6-9,14-15,47-48H,3-5,10-13,16-20H2,1-2H3. The number of hydrogen-bond acceptors (Lipinski definition) is 9. The molecule has 1 aliphatic carbocycles. The molecule has 5 heterocycles. The number of halogens is 4. The van der Waals surface area contributed by atoms with Crippen molar-refractivity contribution in [2.75, 3.05) is 57.4 Å². The molecule has 0 radical (unpaired) electrons. The van der Waals surface area contributed by atoms with E-state index in [-0.39, 0.29) is 85.6 Å². The van der Waals surface area contributed by atoms with Crippen molar-refractivity contribution in [1.29, 1.82) is 0 Å². The van der Waals surface area contributed by atoms with E-state index >= 15 is 8.78 Å². The third-order valence-corrected chi connectivity index (χ3v) is 10.3. The molecule has 2 aromatic carbocycles. The number of aromatic nitrogens is 4. The van der Waals surface area contributed by atoms with Gasteiger partial charge < -0.3 is 29.5 Å². The van der Waals surface area contributed by atoms with E-state index in [1.807, 2.05) is 4.90 Å². The Labute approximate surface area is 285 Å². The van der Waals surface area contributed by atoms with Gasteiger partial charge in [-0.05, 0) is 79.9 Å². The van der Waals surface area contributed by atoms with Crippen molar-refractivity contribution in [3.05, 3.63) is 53.7 Å². The number of rotatable bonds is 8. The number of benzene rings is 2. The number of alkyl halides is 2. The van der Waals surface area contributed by atoms with Crippen molar-refractivity contribution < 1.29 is 37.2 Å². The number of aromatic hydroxyl groups is 1. The molecule has 5 aromatic rings. The first-order chi connectivity index (χ1) is 23.9. The average Bonchev–Trinajstić information content (AvgIpc) is 3.45. The van der Waals surface area contributed by atoms with Crippen LogP contribution < -0.4 is 9.64 Å². The van der Waals surface area contributed by atoms with Crippen LogP contribution in [0.2, 0.25) is 0 Å². The maximum atomic E-state index is 17.4. The van der Waals surface area contributed by atoms with Gasteiger partial charge in [-0.1, -0.05) is 13.0 Å². The van der Waals surface area contributed by atoms with E-state index in [1.165, 1.54) is 35.0 Å². The van der Waals surface area contributed by atoms with E-state index in [2.05, 4.69) is 15.1 Å². The number of nitrogens with zero attached hydrogens (tertiary/aromatic N) is 6. The van der Waals surface area contributed by atoms with Gasteiger partial charge in [0.1, 0.15) is 40.8 Å². The first kappa shape index (κ1) is 32.9. The number of pyridine rings is 1. The fourth-order valence-electron chi connectivity index (χ4n) is 7.77. The van der Waals surface area contributed by atoms with Crippen LogP contribution in [-0.2, 0) is 11.2 Å². The second-order valence-electron chi connectivity index (χ2n) is 14.2. The highest BCUT2D eigenvalue weighted by atomic mass is 19.3. The molecule has 10 nitrogen and oxygen atoms in total. The maximum absolute atomic E-state index is 17.4. The number of fused-ring (bicyclic) bond motifs is 4. The van der Waals surface area contributed by atoms with Crippen LogP contribution in [0.3, 0.4) is 0 Å². The van der Waals surface area contributed by atoms with E-state index in [0.29, 0.717) is 28.3 Å². The minimum atomic E-state index is -2.93. The van der Waals surface area contributed by atoms with Gasteiger partial charge in [0.15, 0.2) is 5.82 Å². The Hall–Kier alpha value is -4.27. The molecule has 2 saturated heterocycles. The smallest absolute Gasteiger partial charge is 0.319 e. The molecule has 0 bridgehead atoms. The van der Waals surface area contributed by atoms with E-state index < -0.39 is 28.6 Å². The summed E-state index contributed by atoms with van der Waals surface area (Å²) in [6.45, 7) is 5.33. The molecule has 3 aromatic heterocycles. The van der Waals surface area contributed by atoms with E-state index in [4.69, 9.17) is 9.47 Å². The number of ether oxygens (including phenoxy) is 2. The van der Waals surface area contributed by atoms with Gasteiger partial charge in [-0.2, -0.15) is 15.1 Å². The molecule has 1 saturated carbocycles. The van der Waals surface area contributed by atoms with Gasteiger partial charge in [-0.25, -0.2) is 22.1 Å². The van der Waals surface area contributed by atoms with Gasteiger partial charge in [0, 0.05) is 25.1 Å². The average molecular weight is 695 g/mol. The SMILES string of the molecule is CCc1c(F)ccc2cc(O)cc(-c3c(F)c4nc(OCC5(CN6CCCC6)CC5(F)F)nc(N5CCOCC(C)(O)C5)c4c4ccnn34)c12. The number of anilines is 1. The summed E-state index contributed by atoms with van der Waals surface area (Å²) in [5, 5.41) is 27.5. The van der Waals surface area contributed by atoms with Gasteiger partial charge in [0.2, 0.25) is 0 Å². The van der Waals surface area contributed by atoms with Crippen LogP contribution in [0.1, 0.15) is 38.7 Å². The van der Waals surface area contributed by atoms with Gasteiger partial charge in [-0.15, -0.1) is 0 Å². The molecular weight excluding hydrogens is 656 g/mol.